The monoisotopic (exact) mass is 234 g/mol. The van der Waals surface area contributed by atoms with Gasteiger partial charge in [0, 0.05) is 25.7 Å². The summed E-state index contributed by atoms with van der Waals surface area (Å²) in [6, 6.07) is 0.706. The lowest BCUT2D eigenvalue weighted by Gasteiger charge is -2.35. The zero-order chi connectivity index (χ0) is 9.97. The van der Waals surface area contributed by atoms with Crippen LogP contribution < -0.4 is 5.32 Å². The Morgan fingerprint density at radius 3 is 2.80 bits per heavy atom. The first-order valence-corrected chi connectivity index (χ1v) is 5.89. The topological polar surface area (TPSA) is 35.5 Å². The smallest absolute Gasteiger partial charge is 0.0590 e. The van der Waals surface area contributed by atoms with Crippen molar-refractivity contribution in [3.8, 4) is 0 Å². The van der Waals surface area contributed by atoms with Gasteiger partial charge in [-0.1, -0.05) is 6.92 Å². The van der Waals surface area contributed by atoms with Crippen LogP contribution in [0.1, 0.15) is 26.2 Å². The molecule has 0 radical (unpaired) electrons. The van der Waals surface area contributed by atoms with Gasteiger partial charge in [0.15, 0.2) is 0 Å². The fraction of sp³-hybridized carbons (Fsp3) is 1.00. The van der Waals surface area contributed by atoms with E-state index in [1.165, 1.54) is 25.9 Å². The first-order valence-electron chi connectivity index (χ1n) is 5.89. The highest BCUT2D eigenvalue weighted by molar-refractivity contribution is 5.85. The number of halogens is 1. The molecule has 0 aromatic carbocycles. The summed E-state index contributed by atoms with van der Waals surface area (Å²) in [5.41, 5.74) is 0. The van der Waals surface area contributed by atoms with Gasteiger partial charge in [0.25, 0.3) is 0 Å². The molecule has 0 aliphatic carbocycles. The summed E-state index contributed by atoms with van der Waals surface area (Å²) >= 11 is 0. The summed E-state index contributed by atoms with van der Waals surface area (Å²) in [6.45, 7) is 6.66. The predicted octanol–water partition coefficient (Wildman–Crippen LogP) is 0.863. The van der Waals surface area contributed by atoms with Crippen LogP contribution in [-0.2, 0) is 0 Å². The standard InChI is InChI=1S/C11H22N2O.ClH/c1-9-7-13(6-4-11(9)14)8-10-3-2-5-12-10;/h9-12,14H,2-8H2,1H3;1H/t9?,10-,11?;/m0./s1. The van der Waals surface area contributed by atoms with E-state index in [4.69, 9.17) is 0 Å². The van der Waals surface area contributed by atoms with Gasteiger partial charge in [0.1, 0.15) is 0 Å². The van der Waals surface area contributed by atoms with Crippen LogP contribution in [0.3, 0.4) is 0 Å². The molecule has 2 N–H and O–H groups in total. The molecule has 3 nitrogen and oxygen atoms in total. The molecule has 0 spiro atoms. The zero-order valence-corrected chi connectivity index (χ0v) is 10.3. The van der Waals surface area contributed by atoms with Gasteiger partial charge in [-0.2, -0.15) is 0 Å². The van der Waals surface area contributed by atoms with Crippen LogP contribution in [0.4, 0.5) is 0 Å². The number of piperidine rings is 1. The number of nitrogens with one attached hydrogen (secondary N) is 1. The highest BCUT2D eigenvalue weighted by atomic mass is 35.5. The molecule has 0 amide bonds. The van der Waals surface area contributed by atoms with Gasteiger partial charge in [-0.15, -0.1) is 12.4 Å². The Labute approximate surface area is 98.6 Å². The van der Waals surface area contributed by atoms with Crippen molar-refractivity contribution in [1.82, 2.24) is 10.2 Å². The molecule has 3 atom stereocenters. The summed E-state index contributed by atoms with van der Waals surface area (Å²) in [4.78, 5) is 2.50. The van der Waals surface area contributed by atoms with Gasteiger partial charge in [-0.3, -0.25) is 0 Å². The minimum atomic E-state index is -0.0669. The molecule has 0 aromatic rings. The largest absolute Gasteiger partial charge is 0.393 e. The maximum Gasteiger partial charge on any atom is 0.0590 e. The summed E-state index contributed by atoms with van der Waals surface area (Å²) in [6.07, 6.45) is 3.54. The van der Waals surface area contributed by atoms with Crippen molar-refractivity contribution in [1.29, 1.82) is 0 Å². The molecule has 2 fully saturated rings. The molecule has 2 aliphatic rings. The molecule has 2 aliphatic heterocycles. The van der Waals surface area contributed by atoms with E-state index in [2.05, 4.69) is 17.1 Å². The molecule has 2 saturated heterocycles. The SMILES string of the molecule is CC1CN(C[C@@H]2CCCN2)CCC1O.Cl. The number of hydrogen-bond donors (Lipinski definition) is 2. The summed E-state index contributed by atoms with van der Waals surface area (Å²) < 4.78 is 0. The van der Waals surface area contributed by atoms with Crippen LogP contribution in [0.2, 0.25) is 0 Å². The third kappa shape index (κ3) is 3.59. The summed E-state index contributed by atoms with van der Waals surface area (Å²) in [5, 5.41) is 13.1. The molecule has 2 heterocycles. The molecule has 90 valence electrons. The molecule has 2 unspecified atom stereocenters. The number of aliphatic hydroxyl groups excluding tert-OH is 1. The maximum absolute atomic E-state index is 9.61. The second-order valence-corrected chi connectivity index (χ2v) is 4.89. The van der Waals surface area contributed by atoms with Crippen molar-refractivity contribution in [2.75, 3.05) is 26.2 Å². The fourth-order valence-electron chi connectivity index (χ4n) is 2.61. The van der Waals surface area contributed by atoms with Gasteiger partial charge in [-0.05, 0) is 31.7 Å². The lowest BCUT2D eigenvalue weighted by Crippen LogP contribution is -2.46. The first-order chi connectivity index (χ1) is 6.75. The van der Waals surface area contributed by atoms with Crippen molar-refractivity contribution in [3.63, 3.8) is 0 Å². The van der Waals surface area contributed by atoms with Gasteiger partial charge >= 0.3 is 0 Å². The number of aliphatic hydroxyl groups is 1. The van der Waals surface area contributed by atoms with Crippen molar-refractivity contribution in [2.24, 2.45) is 5.92 Å². The number of likely N-dealkylation sites (tertiary alicyclic amines) is 1. The Bertz CT molecular complexity index is 185. The quantitative estimate of drug-likeness (QED) is 0.744. The van der Waals surface area contributed by atoms with Crippen molar-refractivity contribution >= 4 is 12.4 Å². The predicted molar refractivity (Wildman–Crippen MR) is 64.5 cm³/mol. The van der Waals surface area contributed by atoms with Crippen LogP contribution in [-0.4, -0.2) is 48.3 Å². The van der Waals surface area contributed by atoms with Gasteiger partial charge in [0.2, 0.25) is 0 Å². The van der Waals surface area contributed by atoms with Gasteiger partial charge < -0.3 is 15.3 Å². The van der Waals surface area contributed by atoms with E-state index in [-0.39, 0.29) is 18.5 Å². The molecule has 15 heavy (non-hydrogen) atoms. The molecule has 2 rings (SSSR count). The fourth-order valence-corrected chi connectivity index (χ4v) is 2.61. The van der Waals surface area contributed by atoms with E-state index in [1.54, 1.807) is 0 Å². The van der Waals surface area contributed by atoms with Gasteiger partial charge in [-0.25, -0.2) is 0 Å². The number of rotatable bonds is 2. The Morgan fingerprint density at radius 2 is 2.20 bits per heavy atom. The van der Waals surface area contributed by atoms with E-state index in [0.717, 1.165) is 19.5 Å². The normalized spacial score (nSPS) is 37.6. The number of nitrogens with zero attached hydrogens (tertiary/aromatic N) is 1. The van der Waals surface area contributed by atoms with Crippen LogP contribution in [0.15, 0.2) is 0 Å². The summed E-state index contributed by atoms with van der Waals surface area (Å²) in [5.74, 6) is 0.449. The van der Waals surface area contributed by atoms with E-state index < -0.39 is 0 Å². The van der Waals surface area contributed by atoms with Crippen molar-refractivity contribution in [3.05, 3.63) is 0 Å². The molecule has 0 bridgehead atoms. The molecular weight excluding hydrogens is 212 g/mol. The van der Waals surface area contributed by atoms with Crippen molar-refractivity contribution < 1.29 is 5.11 Å². The highest BCUT2D eigenvalue weighted by Gasteiger charge is 2.26. The Balaban J connectivity index is 0.00000112. The van der Waals surface area contributed by atoms with Gasteiger partial charge in [0.05, 0.1) is 6.10 Å². The van der Waals surface area contributed by atoms with Crippen LogP contribution in [0.25, 0.3) is 0 Å². The van der Waals surface area contributed by atoms with Crippen LogP contribution in [0.5, 0.6) is 0 Å². The van der Waals surface area contributed by atoms with Crippen LogP contribution in [0, 0.1) is 5.92 Å². The third-order valence-corrected chi connectivity index (χ3v) is 3.59. The average Bonchev–Trinajstić information content (AvgIpc) is 2.64. The second-order valence-electron chi connectivity index (χ2n) is 4.89. The van der Waals surface area contributed by atoms with E-state index in [0.29, 0.717) is 12.0 Å². The Hall–Kier alpha value is 0.170. The molecular formula is C11H23ClN2O. The minimum absolute atomic E-state index is 0. The Morgan fingerprint density at radius 1 is 1.40 bits per heavy atom. The Kier molecular flexibility index (Phi) is 5.33. The first kappa shape index (κ1) is 13.2. The van der Waals surface area contributed by atoms with Crippen LogP contribution >= 0.6 is 12.4 Å². The highest BCUT2D eigenvalue weighted by Crippen LogP contribution is 2.17. The maximum atomic E-state index is 9.61. The average molecular weight is 235 g/mol. The zero-order valence-electron chi connectivity index (χ0n) is 9.48. The van der Waals surface area contributed by atoms with E-state index in [1.807, 2.05) is 0 Å². The minimum Gasteiger partial charge on any atom is -0.393 e. The van der Waals surface area contributed by atoms with E-state index in [9.17, 15) is 5.11 Å². The molecule has 0 aromatic heterocycles. The lowest BCUT2D eigenvalue weighted by atomic mass is 9.96. The summed E-state index contributed by atoms with van der Waals surface area (Å²) in [7, 11) is 0. The second kappa shape index (κ2) is 6.04. The van der Waals surface area contributed by atoms with Crippen molar-refractivity contribution in [2.45, 2.75) is 38.3 Å². The lowest BCUT2D eigenvalue weighted by molar-refractivity contribution is 0.0322. The molecule has 0 saturated carbocycles. The van der Waals surface area contributed by atoms with E-state index >= 15 is 0 Å². The third-order valence-electron chi connectivity index (χ3n) is 3.59. The molecule has 4 heteroatoms. The number of hydrogen-bond acceptors (Lipinski definition) is 3.